The molecule has 0 saturated heterocycles. The molecule has 0 amide bonds. The molecule has 26 heavy (non-hydrogen) atoms. The molecule has 1 aromatic rings. The quantitative estimate of drug-likeness (QED) is 0.302. The first-order valence-corrected chi connectivity index (χ1v) is 8.13. The van der Waals surface area contributed by atoms with E-state index in [2.05, 4.69) is 17.1 Å². The number of carboxylic acid groups (broad SMARTS) is 3. The normalized spacial score (nSPS) is 9.58. The molecule has 0 radical (unpaired) electrons. The predicted octanol–water partition coefficient (Wildman–Crippen LogP) is 3.83. The third kappa shape index (κ3) is 9.36. The molecule has 0 aliphatic heterocycles. The minimum atomic E-state index is -1.48. The zero-order valence-electron chi connectivity index (χ0n) is 14.5. The highest BCUT2D eigenvalue weighted by Crippen LogP contribution is 2.12. The van der Waals surface area contributed by atoms with Gasteiger partial charge in [0.15, 0.2) is 5.34 Å². The van der Waals surface area contributed by atoms with Gasteiger partial charge in [-0.25, -0.2) is 14.4 Å². The first-order chi connectivity index (χ1) is 12.3. The van der Waals surface area contributed by atoms with Crippen LogP contribution in [0.1, 0.15) is 76.5 Å². The van der Waals surface area contributed by atoms with E-state index in [1.54, 1.807) is 0 Å². The summed E-state index contributed by atoms with van der Waals surface area (Å²) in [7, 11) is 0. The van der Waals surface area contributed by atoms with E-state index in [9.17, 15) is 19.3 Å². The molecule has 9 nitrogen and oxygen atoms in total. The SMILES string of the molecule is CCCCCCCCON=O.O=C(O)c1ccc(C(=O)O)c(C(=O)O)c1. The minimum absolute atomic E-state index is 0.266. The van der Waals surface area contributed by atoms with Gasteiger partial charge in [0.2, 0.25) is 0 Å². The summed E-state index contributed by atoms with van der Waals surface area (Å²) in [5.41, 5.74) is -1.24. The fourth-order valence-corrected chi connectivity index (χ4v) is 2.02. The van der Waals surface area contributed by atoms with E-state index in [-0.39, 0.29) is 5.56 Å². The van der Waals surface area contributed by atoms with E-state index in [4.69, 9.17) is 15.3 Å². The Morgan fingerprint density at radius 3 is 1.96 bits per heavy atom. The number of hydrogen-bond acceptors (Lipinski definition) is 6. The van der Waals surface area contributed by atoms with Crippen molar-refractivity contribution in [1.82, 2.24) is 0 Å². The smallest absolute Gasteiger partial charge is 0.336 e. The Bertz CT molecular complexity index is 615. The van der Waals surface area contributed by atoms with Crippen LogP contribution in [0.2, 0.25) is 0 Å². The summed E-state index contributed by atoms with van der Waals surface area (Å²) in [6.07, 6.45) is 7.23. The molecule has 0 atom stereocenters. The highest BCUT2D eigenvalue weighted by molar-refractivity contribution is 6.03. The second kappa shape index (κ2) is 13.3. The molecule has 144 valence electrons. The maximum Gasteiger partial charge on any atom is 0.336 e. The monoisotopic (exact) mass is 369 g/mol. The molecule has 0 aromatic heterocycles. The minimum Gasteiger partial charge on any atom is -0.478 e. The number of nitrogens with zero attached hydrogens (tertiary/aromatic N) is 1. The van der Waals surface area contributed by atoms with Gasteiger partial charge in [-0.1, -0.05) is 32.6 Å². The summed E-state index contributed by atoms with van der Waals surface area (Å²) >= 11 is 0. The van der Waals surface area contributed by atoms with Gasteiger partial charge in [-0.3, -0.25) is 0 Å². The molecule has 0 saturated carbocycles. The van der Waals surface area contributed by atoms with Crippen molar-refractivity contribution in [2.24, 2.45) is 5.34 Å². The predicted molar refractivity (Wildman–Crippen MR) is 92.4 cm³/mol. The molecule has 0 bridgehead atoms. The van der Waals surface area contributed by atoms with Crippen molar-refractivity contribution in [2.45, 2.75) is 45.4 Å². The summed E-state index contributed by atoms with van der Waals surface area (Å²) < 4.78 is 0. The number of unbranched alkanes of at least 4 members (excludes halogenated alkanes) is 5. The van der Waals surface area contributed by atoms with Crippen LogP contribution in [-0.4, -0.2) is 39.8 Å². The first kappa shape index (κ1) is 23.0. The Morgan fingerprint density at radius 1 is 0.885 bits per heavy atom. The van der Waals surface area contributed by atoms with Gasteiger partial charge >= 0.3 is 17.9 Å². The lowest BCUT2D eigenvalue weighted by atomic mass is 10.0. The number of benzene rings is 1. The van der Waals surface area contributed by atoms with Gasteiger partial charge in [0.25, 0.3) is 0 Å². The van der Waals surface area contributed by atoms with Crippen LogP contribution in [0, 0.1) is 4.91 Å². The van der Waals surface area contributed by atoms with E-state index in [1.165, 1.54) is 25.7 Å². The van der Waals surface area contributed by atoms with Crippen molar-refractivity contribution in [3.63, 3.8) is 0 Å². The van der Waals surface area contributed by atoms with Gasteiger partial charge in [-0.15, -0.1) is 4.91 Å². The topological polar surface area (TPSA) is 151 Å². The number of rotatable bonds is 11. The Labute approximate surface area is 150 Å². The Balaban J connectivity index is 0.000000508. The zero-order valence-corrected chi connectivity index (χ0v) is 14.5. The van der Waals surface area contributed by atoms with Crippen LogP contribution in [0.3, 0.4) is 0 Å². The number of hydrogen-bond donors (Lipinski definition) is 3. The first-order valence-electron chi connectivity index (χ1n) is 8.13. The molecule has 1 rings (SSSR count). The highest BCUT2D eigenvalue weighted by Gasteiger charge is 2.17. The van der Waals surface area contributed by atoms with Gasteiger partial charge < -0.3 is 20.2 Å². The van der Waals surface area contributed by atoms with Gasteiger partial charge in [0, 0.05) is 0 Å². The van der Waals surface area contributed by atoms with Crippen LogP contribution in [-0.2, 0) is 4.84 Å². The molecule has 9 heteroatoms. The molecular formula is C17H23NO8. The number of aromatic carboxylic acids is 3. The largest absolute Gasteiger partial charge is 0.478 e. The molecule has 0 unspecified atom stereocenters. The third-order valence-electron chi connectivity index (χ3n) is 3.37. The van der Waals surface area contributed by atoms with Gasteiger partial charge in [0.05, 0.1) is 16.7 Å². The summed E-state index contributed by atoms with van der Waals surface area (Å²) in [5, 5.41) is 28.2. The van der Waals surface area contributed by atoms with Crippen molar-refractivity contribution in [3.8, 4) is 0 Å². The standard InChI is InChI=1S/C9H6O6.C8H17NO2/c10-7(11)4-1-2-5(8(12)13)6(3-4)9(14)15;1-2-3-4-5-6-7-8-11-9-10/h1-3H,(H,10,11)(H,12,13)(H,14,15);2-8H2,1H3. The molecular weight excluding hydrogens is 346 g/mol. The molecule has 0 aliphatic carbocycles. The van der Waals surface area contributed by atoms with E-state index in [1.807, 2.05) is 0 Å². The van der Waals surface area contributed by atoms with Crippen molar-refractivity contribution in [1.29, 1.82) is 0 Å². The second-order valence-corrected chi connectivity index (χ2v) is 5.35. The maximum absolute atomic E-state index is 10.6. The van der Waals surface area contributed by atoms with Gasteiger partial charge in [-0.05, 0) is 31.0 Å². The molecule has 0 aliphatic rings. The third-order valence-corrected chi connectivity index (χ3v) is 3.37. The Kier molecular flexibility index (Phi) is 11.8. The van der Waals surface area contributed by atoms with E-state index < -0.39 is 29.0 Å². The average Bonchev–Trinajstić information content (AvgIpc) is 2.60. The van der Waals surface area contributed by atoms with Crippen molar-refractivity contribution in [2.75, 3.05) is 6.61 Å². The summed E-state index contributed by atoms with van der Waals surface area (Å²) in [5.74, 6) is -4.20. The fourth-order valence-electron chi connectivity index (χ4n) is 2.02. The lowest BCUT2D eigenvalue weighted by molar-refractivity contribution is 0.0649. The van der Waals surface area contributed by atoms with Crippen molar-refractivity contribution < 1.29 is 34.5 Å². The van der Waals surface area contributed by atoms with Crippen LogP contribution in [0.4, 0.5) is 0 Å². The lowest BCUT2D eigenvalue weighted by Gasteiger charge is -2.02. The van der Waals surface area contributed by atoms with Gasteiger partial charge in [0.1, 0.15) is 6.61 Å². The van der Waals surface area contributed by atoms with Crippen LogP contribution < -0.4 is 0 Å². The van der Waals surface area contributed by atoms with E-state index >= 15 is 0 Å². The number of carboxylic acids is 3. The van der Waals surface area contributed by atoms with Crippen LogP contribution in [0.15, 0.2) is 23.5 Å². The Morgan fingerprint density at radius 2 is 1.46 bits per heavy atom. The van der Waals surface area contributed by atoms with Crippen molar-refractivity contribution >= 4 is 17.9 Å². The summed E-state index contributed by atoms with van der Waals surface area (Å²) in [4.78, 5) is 45.5. The Hall–Kier alpha value is -2.97. The van der Waals surface area contributed by atoms with E-state index in [0.29, 0.717) is 6.61 Å². The molecule has 0 heterocycles. The second-order valence-electron chi connectivity index (χ2n) is 5.35. The average molecular weight is 369 g/mol. The van der Waals surface area contributed by atoms with Crippen LogP contribution in [0.5, 0.6) is 0 Å². The highest BCUT2D eigenvalue weighted by atomic mass is 16.7. The van der Waals surface area contributed by atoms with Crippen LogP contribution in [0.25, 0.3) is 0 Å². The molecule has 0 fully saturated rings. The van der Waals surface area contributed by atoms with Gasteiger partial charge in [-0.2, -0.15) is 0 Å². The van der Waals surface area contributed by atoms with Crippen LogP contribution >= 0.6 is 0 Å². The molecule has 1 aromatic carbocycles. The fraction of sp³-hybridized carbons (Fsp3) is 0.471. The maximum atomic E-state index is 10.6. The molecule has 3 N–H and O–H groups in total. The lowest BCUT2D eigenvalue weighted by Crippen LogP contribution is -2.10. The molecule has 0 spiro atoms. The summed E-state index contributed by atoms with van der Waals surface area (Å²) in [6, 6.07) is 2.81. The van der Waals surface area contributed by atoms with Crippen molar-refractivity contribution in [3.05, 3.63) is 39.8 Å². The zero-order chi connectivity index (χ0) is 19.9. The van der Waals surface area contributed by atoms with E-state index in [0.717, 1.165) is 31.0 Å². The summed E-state index contributed by atoms with van der Waals surface area (Å²) in [6.45, 7) is 2.68. The number of carbonyl (C=O) groups is 3.